The molecule has 1 aliphatic carbocycles. The van der Waals surface area contributed by atoms with E-state index in [0.29, 0.717) is 16.1 Å². The number of ether oxygens (including phenoxy) is 1. The van der Waals surface area contributed by atoms with Crippen LogP contribution in [0.25, 0.3) is 0 Å². The van der Waals surface area contributed by atoms with Crippen LogP contribution in [0.15, 0.2) is 18.2 Å². The highest BCUT2D eigenvalue weighted by Gasteiger charge is 2.31. The molecule has 1 aromatic carbocycles. The molecule has 1 atom stereocenters. The normalized spacial score (nSPS) is 19.2. The Hall–Kier alpha value is -0.740. The van der Waals surface area contributed by atoms with Crippen molar-refractivity contribution in [3.63, 3.8) is 0 Å². The molecule has 0 aromatic heterocycles. The average molecular weight is 311 g/mol. The lowest BCUT2D eigenvalue weighted by molar-refractivity contribution is 0.364. The zero-order valence-electron chi connectivity index (χ0n) is 13.2. The molecule has 0 saturated heterocycles. The first-order valence-electron chi connectivity index (χ1n) is 7.72. The van der Waals surface area contributed by atoms with Gasteiger partial charge in [-0.15, -0.1) is 0 Å². The van der Waals surface area contributed by atoms with E-state index in [4.69, 9.17) is 4.74 Å². The Kier molecular flexibility index (Phi) is 5.94. The van der Waals surface area contributed by atoms with Crippen LogP contribution in [-0.4, -0.2) is 24.7 Å². The predicted molar refractivity (Wildman–Crippen MR) is 88.7 cm³/mol. The summed E-state index contributed by atoms with van der Waals surface area (Å²) in [5, 5.41) is 3.54. The van der Waals surface area contributed by atoms with Gasteiger partial charge in [0.05, 0.1) is 7.11 Å². The molecule has 1 aliphatic rings. The van der Waals surface area contributed by atoms with Crippen molar-refractivity contribution >= 4 is 11.8 Å². The first-order valence-corrected chi connectivity index (χ1v) is 8.95. The summed E-state index contributed by atoms with van der Waals surface area (Å²) in [7, 11) is 1.56. The molecule has 0 bridgehead atoms. The molecule has 1 aromatic rings. The number of benzene rings is 1. The fourth-order valence-corrected chi connectivity index (χ4v) is 4.01. The molecule has 0 heterocycles. The quantitative estimate of drug-likeness (QED) is 0.832. The van der Waals surface area contributed by atoms with Crippen LogP contribution in [0, 0.1) is 5.82 Å². The smallest absolute Gasteiger partial charge is 0.131 e. The molecule has 1 unspecified atom stereocenters. The van der Waals surface area contributed by atoms with Crippen LogP contribution >= 0.6 is 11.8 Å². The summed E-state index contributed by atoms with van der Waals surface area (Å²) in [6, 6.07) is 5.11. The molecule has 1 N–H and O–H groups in total. The van der Waals surface area contributed by atoms with E-state index in [2.05, 4.69) is 11.6 Å². The predicted octanol–water partition coefficient (Wildman–Crippen LogP) is 4.55. The van der Waals surface area contributed by atoms with Crippen molar-refractivity contribution in [3.05, 3.63) is 29.6 Å². The van der Waals surface area contributed by atoms with Crippen molar-refractivity contribution in [1.82, 2.24) is 5.32 Å². The van der Waals surface area contributed by atoms with Crippen molar-refractivity contribution in [1.29, 1.82) is 0 Å². The maximum absolute atomic E-state index is 14.1. The molecular weight excluding hydrogens is 285 g/mol. The van der Waals surface area contributed by atoms with E-state index in [1.165, 1.54) is 38.2 Å². The van der Waals surface area contributed by atoms with Gasteiger partial charge in [0.15, 0.2) is 0 Å². The Morgan fingerprint density at radius 1 is 1.33 bits per heavy atom. The van der Waals surface area contributed by atoms with Gasteiger partial charge in [-0.1, -0.05) is 25.3 Å². The molecule has 21 heavy (non-hydrogen) atoms. The van der Waals surface area contributed by atoms with Gasteiger partial charge in [0.2, 0.25) is 0 Å². The van der Waals surface area contributed by atoms with Crippen LogP contribution in [0.1, 0.15) is 50.6 Å². The molecular formula is C17H26FNOS. The summed E-state index contributed by atoms with van der Waals surface area (Å²) in [4.78, 5) is 0. The molecule has 2 rings (SSSR count). The highest BCUT2D eigenvalue weighted by molar-refractivity contribution is 8.00. The molecule has 4 heteroatoms. The van der Waals surface area contributed by atoms with Gasteiger partial charge < -0.3 is 10.1 Å². The number of rotatable bonds is 6. The van der Waals surface area contributed by atoms with Crippen LogP contribution in [-0.2, 0) is 0 Å². The fraction of sp³-hybridized carbons (Fsp3) is 0.647. The van der Waals surface area contributed by atoms with Gasteiger partial charge in [-0.2, -0.15) is 11.8 Å². The van der Waals surface area contributed by atoms with Gasteiger partial charge in [-0.05, 0) is 32.1 Å². The standard InChI is InChI=1S/C17H26FNOS/c1-13(15-8-7-14(20-2)11-16(15)18)19-12-17(21-3)9-5-4-6-10-17/h7-8,11,13,19H,4-6,9-10,12H2,1-3H3. The van der Waals surface area contributed by atoms with E-state index in [-0.39, 0.29) is 11.9 Å². The Morgan fingerprint density at radius 2 is 2.05 bits per heavy atom. The molecule has 0 radical (unpaired) electrons. The third-order valence-electron chi connectivity index (χ3n) is 4.60. The highest BCUT2D eigenvalue weighted by atomic mass is 32.2. The molecule has 0 amide bonds. The number of methoxy groups -OCH3 is 1. The average Bonchev–Trinajstić information content (AvgIpc) is 2.53. The van der Waals surface area contributed by atoms with Gasteiger partial charge >= 0.3 is 0 Å². The third-order valence-corrected chi connectivity index (χ3v) is 6.02. The summed E-state index contributed by atoms with van der Waals surface area (Å²) in [5.41, 5.74) is 0.711. The monoisotopic (exact) mass is 311 g/mol. The van der Waals surface area contributed by atoms with E-state index >= 15 is 0 Å². The van der Waals surface area contributed by atoms with E-state index in [1.807, 2.05) is 30.8 Å². The summed E-state index contributed by atoms with van der Waals surface area (Å²) in [5.74, 6) is 0.368. The minimum atomic E-state index is -0.198. The topological polar surface area (TPSA) is 21.3 Å². The zero-order chi connectivity index (χ0) is 15.3. The maximum Gasteiger partial charge on any atom is 0.131 e. The van der Waals surface area contributed by atoms with Crippen molar-refractivity contribution < 1.29 is 9.13 Å². The summed E-state index contributed by atoms with van der Waals surface area (Å²) < 4.78 is 19.5. The molecule has 1 saturated carbocycles. The third kappa shape index (κ3) is 4.13. The van der Waals surface area contributed by atoms with Crippen molar-refractivity contribution in [2.45, 2.75) is 49.8 Å². The number of hydrogen-bond donors (Lipinski definition) is 1. The number of halogens is 1. The number of nitrogens with one attached hydrogen (secondary N) is 1. The van der Waals surface area contributed by atoms with Crippen LogP contribution in [0.2, 0.25) is 0 Å². The van der Waals surface area contributed by atoms with Gasteiger partial charge in [0, 0.05) is 29.0 Å². The van der Waals surface area contributed by atoms with Gasteiger partial charge in [0.1, 0.15) is 11.6 Å². The minimum Gasteiger partial charge on any atom is -0.497 e. The fourth-order valence-electron chi connectivity index (χ4n) is 3.08. The summed E-state index contributed by atoms with van der Waals surface area (Å²) in [6.07, 6.45) is 8.70. The highest BCUT2D eigenvalue weighted by Crippen LogP contribution is 2.38. The second-order valence-corrected chi connectivity index (χ2v) is 7.21. The lowest BCUT2D eigenvalue weighted by Gasteiger charge is -2.37. The SMILES string of the molecule is COc1ccc(C(C)NCC2(SC)CCCCC2)c(F)c1. The van der Waals surface area contributed by atoms with Crippen molar-refractivity contribution in [3.8, 4) is 5.75 Å². The summed E-state index contributed by atoms with van der Waals surface area (Å²) in [6.45, 7) is 2.97. The largest absolute Gasteiger partial charge is 0.497 e. The van der Waals surface area contributed by atoms with Crippen LogP contribution in [0.3, 0.4) is 0 Å². The Balaban J connectivity index is 1.99. The summed E-state index contributed by atoms with van der Waals surface area (Å²) >= 11 is 1.96. The lowest BCUT2D eigenvalue weighted by atomic mass is 9.88. The van der Waals surface area contributed by atoms with E-state index < -0.39 is 0 Å². The molecule has 2 nitrogen and oxygen atoms in total. The van der Waals surface area contributed by atoms with Crippen LogP contribution in [0.4, 0.5) is 4.39 Å². The minimum absolute atomic E-state index is 0.0156. The Morgan fingerprint density at radius 3 is 2.62 bits per heavy atom. The van der Waals surface area contributed by atoms with Crippen molar-refractivity contribution in [2.24, 2.45) is 0 Å². The first-order chi connectivity index (χ1) is 10.1. The maximum atomic E-state index is 14.1. The Labute approximate surface area is 131 Å². The first kappa shape index (κ1) is 16.6. The van der Waals surface area contributed by atoms with E-state index in [0.717, 1.165) is 6.54 Å². The van der Waals surface area contributed by atoms with Gasteiger partial charge in [0.25, 0.3) is 0 Å². The van der Waals surface area contributed by atoms with Crippen LogP contribution in [0.5, 0.6) is 5.75 Å². The van der Waals surface area contributed by atoms with Crippen LogP contribution < -0.4 is 10.1 Å². The Bertz CT molecular complexity index is 460. The second kappa shape index (κ2) is 7.50. The molecule has 0 aliphatic heterocycles. The van der Waals surface area contributed by atoms with Gasteiger partial charge in [-0.25, -0.2) is 4.39 Å². The number of thioether (sulfide) groups is 1. The zero-order valence-corrected chi connectivity index (χ0v) is 14.1. The number of hydrogen-bond acceptors (Lipinski definition) is 3. The molecule has 0 spiro atoms. The molecule has 1 fully saturated rings. The lowest BCUT2D eigenvalue weighted by Crippen LogP contribution is -2.40. The second-order valence-electron chi connectivity index (χ2n) is 5.94. The van der Waals surface area contributed by atoms with Gasteiger partial charge in [-0.3, -0.25) is 0 Å². The van der Waals surface area contributed by atoms with E-state index in [1.54, 1.807) is 7.11 Å². The van der Waals surface area contributed by atoms with Crippen molar-refractivity contribution in [2.75, 3.05) is 19.9 Å². The van der Waals surface area contributed by atoms with E-state index in [9.17, 15) is 4.39 Å². The molecule has 118 valence electrons.